The van der Waals surface area contributed by atoms with Crippen molar-refractivity contribution in [2.45, 2.75) is 38.8 Å². The number of carbonyl (C=O) groups excluding carboxylic acids is 1. The van der Waals surface area contributed by atoms with Crippen LogP contribution >= 0.6 is 11.6 Å². The second-order valence-electron chi connectivity index (χ2n) is 10.6. The molecule has 0 unspecified atom stereocenters. The quantitative estimate of drug-likeness (QED) is 0.581. The molecule has 1 N–H and O–H groups in total. The van der Waals surface area contributed by atoms with Gasteiger partial charge in [0.15, 0.2) is 5.82 Å². The molecule has 2 aliphatic heterocycles. The Morgan fingerprint density at radius 1 is 1.23 bits per heavy atom. The molecule has 2 saturated heterocycles. The molecule has 2 aliphatic rings. The minimum atomic E-state index is -0.522. The van der Waals surface area contributed by atoms with Crippen LogP contribution in [0.2, 0.25) is 5.02 Å². The van der Waals surface area contributed by atoms with Gasteiger partial charge < -0.3 is 24.4 Å². The molecule has 2 fully saturated rings. The van der Waals surface area contributed by atoms with Crippen LogP contribution in [-0.4, -0.2) is 75.5 Å². The summed E-state index contributed by atoms with van der Waals surface area (Å²) in [6, 6.07) is 5.90. The Morgan fingerprint density at radius 2 is 2.00 bits per heavy atom. The highest BCUT2D eigenvalue weighted by atomic mass is 35.5. The molecule has 5 heterocycles. The molecule has 0 bridgehead atoms. The van der Waals surface area contributed by atoms with Crippen molar-refractivity contribution >= 4 is 34.9 Å². The fourth-order valence-electron chi connectivity index (χ4n) is 4.97. The normalized spacial score (nSPS) is 18.6. The minimum Gasteiger partial charge on any atom is -0.353 e. The maximum absolute atomic E-state index is 13.5. The van der Waals surface area contributed by atoms with Crippen LogP contribution in [0.4, 0.5) is 11.8 Å². The summed E-state index contributed by atoms with van der Waals surface area (Å²) in [6.45, 7) is 12.2. The lowest BCUT2D eigenvalue weighted by Gasteiger charge is -2.45. The molecule has 186 valence electrons. The summed E-state index contributed by atoms with van der Waals surface area (Å²) < 4.78 is 2.04. The van der Waals surface area contributed by atoms with E-state index in [0.29, 0.717) is 29.9 Å². The number of imidazole rings is 1. The van der Waals surface area contributed by atoms with Gasteiger partial charge in [-0.1, -0.05) is 17.7 Å². The van der Waals surface area contributed by atoms with Gasteiger partial charge in [0.1, 0.15) is 10.7 Å². The van der Waals surface area contributed by atoms with E-state index in [4.69, 9.17) is 16.6 Å². The van der Waals surface area contributed by atoms with Crippen molar-refractivity contribution < 1.29 is 4.79 Å². The summed E-state index contributed by atoms with van der Waals surface area (Å²) in [5.74, 6) is 1.35. The third-order valence-corrected chi connectivity index (χ3v) is 7.76. The Morgan fingerprint density at radius 3 is 2.74 bits per heavy atom. The molecule has 0 atom stereocenters. The highest BCUT2D eigenvalue weighted by Crippen LogP contribution is 2.35. The van der Waals surface area contributed by atoms with Gasteiger partial charge in [0.05, 0.1) is 29.5 Å². The van der Waals surface area contributed by atoms with Crippen molar-refractivity contribution in [3.63, 3.8) is 0 Å². The first-order chi connectivity index (χ1) is 16.6. The standard InChI is InChI=1S/C25H33ClN8O/c1-24(2)16-27-9-11-34(24)23-29-12-18(26)21(30-23)32-14-17(15-32)22(35)31(5)25(3,4)19-13-28-20-8-6-7-10-33(19)20/h6-8,10,12-13,17,27H,9,11,14-16H2,1-5H3. The van der Waals surface area contributed by atoms with E-state index in [9.17, 15) is 4.79 Å². The van der Waals surface area contributed by atoms with E-state index in [-0.39, 0.29) is 17.4 Å². The Hall–Kier alpha value is -2.91. The van der Waals surface area contributed by atoms with Crippen LogP contribution in [0.3, 0.4) is 0 Å². The monoisotopic (exact) mass is 496 g/mol. The number of halogens is 1. The average Bonchev–Trinajstić information content (AvgIpc) is 3.23. The van der Waals surface area contributed by atoms with Crippen molar-refractivity contribution in [3.05, 3.63) is 47.5 Å². The van der Waals surface area contributed by atoms with Crippen LogP contribution in [0.15, 0.2) is 36.8 Å². The number of hydrogen-bond donors (Lipinski definition) is 1. The van der Waals surface area contributed by atoms with Crippen LogP contribution in [0, 0.1) is 5.92 Å². The number of nitrogens with zero attached hydrogens (tertiary/aromatic N) is 7. The minimum absolute atomic E-state index is 0.0943. The molecule has 0 saturated carbocycles. The molecule has 3 aromatic heterocycles. The Bertz CT molecular complexity index is 1250. The Labute approximate surface area is 211 Å². The van der Waals surface area contributed by atoms with Gasteiger partial charge in [-0.15, -0.1) is 0 Å². The van der Waals surface area contributed by atoms with Crippen molar-refractivity contribution in [2.24, 2.45) is 5.92 Å². The number of anilines is 2. The number of rotatable bonds is 5. The Balaban J connectivity index is 1.30. The first-order valence-corrected chi connectivity index (χ1v) is 12.4. The largest absolute Gasteiger partial charge is 0.353 e. The second-order valence-corrected chi connectivity index (χ2v) is 11.0. The maximum Gasteiger partial charge on any atom is 0.229 e. The SMILES string of the molecule is CN(C(=O)C1CN(c2nc(N3CCNCC3(C)C)ncc2Cl)C1)C(C)(C)c1cnc2ccccn12. The van der Waals surface area contributed by atoms with Gasteiger partial charge in [0, 0.05) is 51.5 Å². The lowest BCUT2D eigenvalue weighted by molar-refractivity contribution is -0.140. The first kappa shape index (κ1) is 23.8. The molecule has 0 spiro atoms. The van der Waals surface area contributed by atoms with Crippen molar-refractivity contribution in [3.8, 4) is 0 Å². The predicted octanol–water partition coefficient (Wildman–Crippen LogP) is 2.80. The van der Waals surface area contributed by atoms with E-state index in [1.54, 1.807) is 6.20 Å². The zero-order chi connectivity index (χ0) is 25.0. The van der Waals surface area contributed by atoms with Crippen LogP contribution in [-0.2, 0) is 10.3 Å². The van der Waals surface area contributed by atoms with Gasteiger partial charge in [-0.25, -0.2) is 9.97 Å². The number of piperazine rings is 1. The fourth-order valence-corrected chi connectivity index (χ4v) is 5.18. The zero-order valence-electron chi connectivity index (χ0n) is 21.0. The van der Waals surface area contributed by atoms with E-state index >= 15 is 0 Å². The molecule has 0 aromatic carbocycles. The summed E-state index contributed by atoms with van der Waals surface area (Å²) in [4.78, 5) is 33.4. The van der Waals surface area contributed by atoms with Crippen LogP contribution < -0.4 is 15.1 Å². The number of fused-ring (bicyclic) bond motifs is 1. The van der Waals surface area contributed by atoms with E-state index < -0.39 is 5.54 Å². The molecule has 3 aromatic rings. The predicted molar refractivity (Wildman–Crippen MR) is 138 cm³/mol. The van der Waals surface area contributed by atoms with Gasteiger partial charge in [0.25, 0.3) is 0 Å². The fraction of sp³-hybridized carbons (Fsp3) is 0.520. The van der Waals surface area contributed by atoms with Crippen molar-refractivity contribution in [2.75, 3.05) is 49.6 Å². The highest BCUT2D eigenvalue weighted by molar-refractivity contribution is 6.32. The number of carbonyl (C=O) groups is 1. The number of pyridine rings is 1. The summed E-state index contributed by atoms with van der Waals surface area (Å²) in [6.07, 6.45) is 5.51. The number of nitrogens with one attached hydrogen (secondary N) is 1. The third-order valence-electron chi connectivity index (χ3n) is 7.50. The topological polar surface area (TPSA) is 81.9 Å². The number of hydrogen-bond acceptors (Lipinski definition) is 7. The molecule has 1 amide bonds. The molecule has 35 heavy (non-hydrogen) atoms. The highest BCUT2D eigenvalue weighted by Gasteiger charge is 2.41. The van der Waals surface area contributed by atoms with Crippen molar-refractivity contribution in [1.29, 1.82) is 0 Å². The van der Waals surface area contributed by atoms with E-state index in [1.165, 1.54) is 0 Å². The van der Waals surface area contributed by atoms with Gasteiger partial charge in [-0.05, 0) is 39.8 Å². The molecule has 9 nitrogen and oxygen atoms in total. The van der Waals surface area contributed by atoms with E-state index in [0.717, 1.165) is 31.0 Å². The van der Waals surface area contributed by atoms with Crippen LogP contribution in [0.5, 0.6) is 0 Å². The summed E-state index contributed by atoms with van der Waals surface area (Å²) >= 11 is 6.50. The summed E-state index contributed by atoms with van der Waals surface area (Å²) in [5.41, 5.74) is 1.23. The molecule has 5 rings (SSSR count). The zero-order valence-corrected chi connectivity index (χ0v) is 21.7. The number of amides is 1. The summed E-state index contributed by atoms with van der Waals surface area (Å²) in [7, 11) is 1.87. The van der Waals surface area contributed by atoms with Crippen LogP contribution in [0.1, 0.15) is 33.4 Å². The molecule has 0 radical (unpaired) electrons. The van der Waals surface area contributed by atoms with E-state index in [2.05, 4.69) is 52.8 Å². The lowest BCUT2D eigenvalue weighted by atomic mass is 9.93. The Kier molecular flexibility index (Phi) is 5.88. The number of aromatic nitrogens is 4. The maximum atomic E-state index is 13.5. The van der Waals surface area contributed by atoms with Crippen LogP contribution in [0.25, 0.3) is 5.65 Å². The molecular weight excluding hydrogens is 464 g/mol. The second kappa shape index (κ2) is 8.64. The average molecular weight is 497 g/mol. The smallest absolute Gasteiger partial charge is 0.229 e. The van der Waals surface area contributed by atoms with Gasteiger partial charge in [-0.2, -0.15) is 4.98 Å². The van der Waals surface area contributed by atoms with E-state index in [1.807, 2.05) is 46.9 Å². The third kappa shape index (κ3) is 4.10. The molecule has 10 heteroatoms. The van der Waals surface area contributed by atoms with Gasteiger partial charge in [0.2, 0.25) is 11.9 Å². The first-order valence-electron chi connectivity index (χ1n) is 12.1. The van der Waals surface area contributed by atoms with Gasteiger partial charge in [-0.3, -0.25) is 4.79 Å². The van der Waals surface area contributed by atoms with Gasteiger partial charge >= 0.3 is 0 Å². The van der Waals surface area contributed by atoms with Crippen molar-refractivity contribution in [1.82, 2.24) is 29.6 Å². The molecular formula is C25H33ClN8O. The summed E-state index contributed by atoms with van der Waals surface area (Å²) in [5, 5.41) is 3.93. The lowest BCUT2D eigenvalue weighted by Crippen LogP contribution is -2.59. The molecule has 0 aliphatic carbocycles.